The second-order valence-electron chi connectivity index (χ2n) is 9.93. The maximum absolute atomic E-state index is 15.1. The molecule has 0 atom stereocenters. The molecule has 1 fully saturated rings. The summed E-state index contributed by atoms with van der Waals surface area (Å²) in [5, 5.41) is 2.22. The standard InChI is InChI=1S/C30H22F7N5O4S/c1-17-2-9-25(45-11-10-29(32,33)34)24(12-17)42-26(43)15-47-28(42)40-27(44)39-22-8-3-18(13-21(22)31)23-14-41(16-38-23)19-4-6-20(7-5-19)46-30(35,36)37/h2-9,12-14,16H,10-11,15H2,1H3,(H,39,44)/b40-28-. The number of halogens is 7. The number of hydrogen-bond donors (Lipinski definition) is 1. The molecule has 0 spiro atoms. The second kappa shape index (κ2) is 13.4. The largest absolute Gasteiger partial charge is 0.573 e. The van der Waals surface area contributed by atoms with Crippen LogP contribution in [0.5, 0.6) is 11.5 Å². The van der Waals surface area contributed by atoms with Gasteiger partial charge in [0.1, 0.15) is 17.3 Å². The minimum atomic E-state index is -4.83. The minimum absolute atomic E-state index is 0.0135. The number of thioether (sulfide) groups is 1. The first-order valence-corrected chi connectivity index (χ1v) is 14.5. The fourth-order valence-corrected chi connectivity index (χ4v) is 5.18. The molecule has 3 amide bonds. The van der Waals surface area contributed by atoms with Gasteiger partial charge < -0.3 is 19.4 Å². The van der Waals surface area contributed by atoms with E-state index in [0.29, 0.717) is 22.5 Å². The number of carbonyl (C=O) groups is 2. The van der Waals surface area contributed by atoms with Crippen LogP contribution >= 0.6 is 11.8 Å². The van der Waals surface area contributed by atoms with Crippen molar-refractivity contribution >= 4 is 40.2 Å². The molecule has 2 heterocycles. The Labute approximate surface area is 266 Å². The van der Waals surface area contributed by atoms with E-state index >= 15 is 4.39 Å². The highest BCUT2D eigenvalue weighted by Gasteiger charge is 2.34. The molecule has 3 aromatic carbocycles. The molecule has 0 unspecified atom stereocenters. The molecular formula is C30H22F7N5O4S. The zero-order valence-corrected chi connectivity index (χ0v) is 24.8. The smallest absolute Gasteiger partial charge is 0.491 e. The lowest BCUT2D eigenvalue weighted by Crippen LogP contribution is -2.31. The summed E-state index contributed by atoms with van der Waals surface area (Å²) in [4.78, 5) is 34.7. The van der Waals surface area contributed by atoms with E-state index in [0.717, 1.165) is 34.9 Å². The third kappa shape index (κ3) is 8.60. The van der Waals surface area contributed by atoms with E-state index < -0.39 is 49.1 Å². The number of ether oxygens (including phenoxy) is 2. The summed E-state index contributed by atoms with van der Waals surface area (Å²) in [6.45, 7) is 1.01. The Kier molecular flexibility index (Phi) is 9.46. The molecule has 0 radical (unpaired) electrons. The summed E-state index contributed by atoms with van der Waals surface area (Å²) in [7, 11) is 0. The number of carbonyl (C=O) groups excluding carboxylic acids is 2. The van der Waals surface area contributed by atoms with Crippen molar-refractivity contribution < 1.29 is 49.8 Å². The van der Waals surface area contributed by atoms with Crippen molar-refractivity contribution in [3.8, 4) is 28.4 Å². The summed E-state index contributed by atoms with van der Waals surface area (Å²) >= 11 is 0.911. The third-order valence-corrected chi connectivity index (χ3v) is 7.34. The van der Waals surface area contributed by atoms with Gasteiger partial charge in [0.25, 0.3) is 0 Å². The number of aliphatic imine (C=N–C) groups is 1. The summed E-state index contributed by atoms with van der Waals surface area (Å²) in [6.07, 6.45) is -7.58. The lowest BCUT2D eigenvalue weighted by atomic mass is 10.1. The predicted molar refractivity (Wildman–Crippen MR) is 159 cm³/mol. The second-order valence-corrected chi connectivity index (χ2v) is 10.9. The molecule has 246 valence electrons. The highest BCUT2D eigenvalue weighted by molar-refractivity contribution is 8.15. The number of amidine groups is 1. The number of amides is 3. The highest BCUT2D eigenvalue weighted by Crippen LogP contribution is 2.36. The molecule has 47 heavy (non-hydrogen) atoms. The third-order valence-electron chi connectivity index (χ3n) is 6.42. The number of anilines is 2. The van der Waals surface area contributed by atoms with Crippen molar-refractivity contribution in [1.29, 1.82) is 0 Å². The normalized spacial score (nSPS) is 14.5. The van der Waals surface area contributed by atoms with Gasteiger partial charge >= 0.3 is 18.6 Å². The number of nitrogens with zero attached hydrogens (tertiary/aromatic N) is 4. The van der Waals surface area contributed by atoms with Gasteiger partial charge in [-0.3, -0.25) is 9.69 Å². The monoisotopic (exact) mass is 681 g/mol. The van der Waals surface area contributed by atoms with Gasteiger partial charge in [-0.2, -0.15) is 18.2 Å². The summed E-state index contributed by atoms with van der Waals surface area (Å²) in [6, 6.07) is 12.4. The Hall–Kier alpha value is -5.06. The molecule has 9 nitrogen and oxygen atoms in total. The molecule has 1 N–H and O–H groups in total. The number of urea groups is 1. The van der Waals surface area contributed by atoms with Gasteiger partial charge in [-0.15, -0.1) is 13.2 Å². The van der Waals surface area contributed by atoms with Crippen LogP contribution in [0, 0.1) is 12.7 Å². The first-order valence-electron chi connectivity index (χ1n) is 13.5. The first kappa shape index (κ1) is 33.3. The van der Waals surface area contributed by atoms with E-state index in [9.17, 15) is 35.9 Å². The number of aromatic nitrogens is 2. The Morgan fingerprint density at radius 3 is 2.47 bits per heavy atom. The Morgan fingerprint density at radius 2 is 1.79 bits per heavy atom. The fourth-order valence-electron chi connectivity index (χ4n) is 4.32. The molecule has 0 aliphatic carbocycles. The van der Waals surface area contributed by atoms with Crippen molar-refractivity contribution in [3.63, 3.8) is 0 Å². The van der Waals surface area contributed by atoms with Crippen molar-refractivity contribution in [2.45, 2.75) is 25.9 Å². The molecule has 1 saturated heterocycles. The predicted octanol–water partition coefficient (Wildman–Crippen LogP) is 7.88. The van der Waals surface area contributed by atoms with E-state index in [4.69, 9.17) is 4.74 Å². The summed E-state index contributed by atoms with van der Waals surface area (Å²) in [5.41, 5.74) is 1.63. The van der Waals surface area contributed by atoms with E-state index in [1.165, 1.54) is 53.5 Å². The van der Waals surface area contributed by atoms with Crippen LogP contribution in [0.25, 0.3) is 16.9 Å². The molecule has 1 aliphatic rings. The van der Waals surface area contributed by atoms with Gasteiger partial charge in [0, 0.05) is 17.4 Å². The van der Waals surface area contributed by atoms with Crippen LogP contribution < -0.4 is 19.7 Å². The van der Waals surface area contributed by atoms with Gasteiger partial charge in [-0.05, 0) is 61.0 Å². The first-order chi connectivity index (χ1) is 22.1. The molecule has 1 aliphatic heterocycles. The number of alkyl halides is 6. The van der Waals surface area contributed by atoms with Crippen LogP contribution in [-0.4, -0.2) is 51.6 Å². The van der Waals surface area contributed by atoms with Crippen molar-refractivity contribution in [2.75, 3.05) is 22.6 Å². The molecule has 1 aromatic heterocycles. The quantitative estimate of drug-likeness (QED) is 0.190. The Morgan fingerprint density at radius 1 is 1.04 bits per heavy atom. The summed E-state index contributed by atoms with van der Waals surface area (Å²) in [5.74, 6) is -1.85. The lowest BCUT2D eigenvalue weighted by molar-refractivity contribution is -0.274. The van der Waals surface area contributed by atoms with Crippen molar-refractivity contribution in [3.05, 3.63) is 84.6 Å². The molecule has 5 rings (SSSR count). The van der Waals surface area contributed by atoms with Crippen LogP contribution in [0.15, 0.2) is 78.2 Å². The van der Waals surface area contributed by atoms with Crippen LogP contribution in [0.2, 0.25) is 0 Å². The average molecular weight is 682 g/mol. The zero-order valence-electron chi connectivity index (χ0n) is 24.0. The Bertz CT molecular complexity index is 1820. The maximum atomic E-state index is 15.1. The van der Waals surface area contributed by atoms with Crippen molar-refractivity contribution in [2.24, 2.45) is 4.99 Å². The number of rotatable bonds is 8. The molecule has 17 heteroatoms. The number of nitrogens with one attached hydrogen (secondary N) is 1. The van der Waals surface area contributed by atoms with Crippen LogP contribution in [-0.2, 0) is 4.79 Å². The zero-order chi connectivity index (χ0) is 33.9. The number of aryl methyl sites for hydroxylation is 1. The van der Waals surface area contributed by atoms with Gasteiger partial charge in [0.15, 0.2) is 5.17 Å². The van der Waals surface area contributed by atoms with Gasteiger partial charge in [0.2, 0.25) is 5.91 Å². The molecule has 0 saturated carbocycles. The van der Waals surface area contributed by atoms with Crippen molar-refractivity contribution in [1.82, 2.24) is 9.55 Å². The molecule has 4 aromatic rings. The highest BCUT2D eigenvalue weighted by atomic mass is 32.2. The number of imidazole rings is 1. The van der Waals surface area contributed by atoms with Crippen LogP contribution in [0.3, 0.4) is 0 Å². The minimum Gasteiger partial charge on any atom is -0.491 e. The number of benzene rings is 3. The van der Waals surface area contributed by atoms with Gasteiger partial charge in [-0.25, -0.2) is 14.2 Å². The lowest BCUT2D eigenvalue weighted by Gasteiger charge is -2.20. The van der Waals surface area contributed by atoms with E-state index in [2.05, 4.69) is 20.0 Å². The maximum Gasteiger partial charge on any atom is 0.573 e. The summed E-state index contributed by atoms with van der Waals surface area (Å²) < 4.78 is 101. The fraction of sp³-hybridized carbons (Fsp3) is 0.200. The average Bonchev–Trinajstić information content (AvgIpc) is 3.61. The van der Waals surface area contributed by atoms with E-state index in [1.54, 1.807) is 13.0 Å². The van der Waals surface area contributed by atoms with E-state index in [-0.39, 0.29) is 28.0 Å². The van der Waals surface area contributed by atoms with E-state index in [1.807, 2.05) is 0 Å². The SMILES string of the molecule is Cc1ccc(OCCC(F)(F)F)c(N2C(=O)CS/C2=N\C(=O)Nc2ccc(-c3cn(-c4ccc(OC(F)(F)F)cc4)cn3)cc2F)c1. The van der Waals surface area contributed by atoms with Gasteiger partial charge in [0.05, 0.1) is 42.2 Å². The topological polar surface area (TPSA) is 98.1 Å². The van der Waals surface area contributed by atoms with Crippen LogP contribution in [0.4, 0.5) is 46.9 Å². The van der Waals surface area contributed by atoms with Crippen LogP contribution in [0.1, 0.15) is 12.0 Å². The number of hydrogen-bond acceptors (Lipinski definition) is 6. The molecular weight excluding hydrogens is 659 g/mol. The Balaban J connectivity index is 1.29. The van der Waals surface area contributed by atoms with Gasteiger partial charge in [-0.1, -0.05) is 23.9 Å². The molecule has 0 bridgehead atoms.